The third kappa shape index (κ3) is 5.79. The molecule has 6 heteroatoms. The number of aryl methyl sites for hydroxylation is 2. The van der Waals surface area contributed by atoms with Gasteiger partial charge >= 0.3 is 5.97 Å². The topological polar surface area (TPSA) is 67.2 Å². The van der Waals surface area contributed by atoms with Gasteiger partial charge in [0.05, 0.1) is 15.9 Å². The van der Waals surface area contributed by atoms with Crippen molar-refractivity contribution in [3.8, 4) is 0 Å². The predicted molar refractivity (Wildman–Crippen MR) is 87.3 cm³/mol. The molecular formula is C15H26BrN3O2. The monoisotopic (exact) mass is 359 g/mol. The zero-order chi connectivity index (χ0) is 16.0. The zero-order valence-electron chi connectivity index (χ0n) is 13.4. The van der Waals surface area contributed by atoms with Crippen LogP contribution in [0.1, 0.15) is 51.4 Å². The van der Waals surface area contributed by atoms with Gasteiger partial charge in [0.15, 0.2) is 0 Å². The van der Waals surface area contributed by atoms with Crippen LogP contribution in [0.15, 0.2) is 4.47 Å². The number of halogens is 1. The molecule has 0 bridgehead atoms. The first-order chi connectivity index (χ1) is 9.76. The Morgan fingerprint density at radius 2 is 2.10 bits per heavy atom. The number of carbonyl (C=O) groups is 1. The summed E-state index contributed by atoms with van der Waals surface area (Å²) in [5.41, 5.74) is 2.22. The third-order valence-corrected chi connectivity index (χ3v) is 4.77. The molecule has 0 aromatic carbocycles. The molecule has 0 aliphatic carbocycles. The first-order valence-corrected chi connectivity index (χ1v) is 8.20. The lowest BCUT2D eigenvalue weighted by atomic mass is 9.84. The van der Waals surface area contributed by atoms with Gasteiger partial charge in [0, 0.05) is 19.5 Å². The van der Waals surface area contributed by atoms with Crippen molar-refractivity contribution in [2.24, 2.45) is 5.41 Å². The van der Waals surface area contributed by atoms with Crippen molar-refractivity contribution in [3.05, 3.63) is 15.9 Å². The summed E-state index contributed by atoms with van der Waals surface area (Å²) in [6.45, 7) is 10.8. The number of aliphatic carboxylic acids is 1. The quantitative estimate of drug-likeness (QED) is 0.663. The van der Waals surface area contributed by atoms with Crippen LogP contribution in [0.25, 0.3) is 0 Å². The van der Waals surface area contributed by atoms with Crippen molar-refractivity contribution in [1.29, 1.82) is 0 Å². The predicted octanol–water partition coefficient (Wildman–Crippen LogP) is 3.34. The van der Waals surface area contributed by atoms with Crippen LogP contribution in [0.4, 0.5) is 0 Å². The minimum absolute atomic E-state index is 0.0452. The largest absolute Gasteiger partial charge is 0.481 e. The molecule has 0 saturated carbocycles. The number of rotatable bonds is 9. The molecule has 1 rings (SSSR count). The summed E-state index contributed by atoms with van der Waals surface area (Å²) < 4.78 is 3.07. The van der Waals surface area contributed by atoms with Gasteiger partial charge in [-0.2, -0.15) is 5.10 Å². The van der Waals surface area contributed by atoms with Gasteiger partial charge in [-0.15, -0.1) is 0 Å². The lowest BCUT2D eigenvalue weighted by Crippen LogP contribution is -2.24. The van der Waals surface area contributed by atoms with E-state index in [1.807, 2.05) is 11.6 Å². The summed E-state index contributed by atoms with van der Waals surface area (Å²) in [5, 5.41) is 16.7. The van der Waals surface area contributed by atoms with Gasteiger partial charge in [-0.25, -0.2) is 0 Å². The van der Waals surface area contributed by atoms with E-state index in [-0.39, 0.29) is 11.8 Å². The molecule has 0 unspecified atom stereocenters. The van der Waals surface area contributed by atoms with Gasteiger partial charge in [-0.05, 0) is 54.6 Å². The standard InChI is InChI=1S/C15H26BrN3O2/c1-5-19-12(14(16)11(2)18-19)10-17-9-8-15(3,4)7-6-13(20)21/h17H,5-10H2,1-4H3,(H,20,21). The van der Waals surface area contributed by atoms with Gasteiger partial charge in [0.1, 0.15) is 0 Å². The van der Waals surface area contributed by atoms with Crippen LogP contribution in [0.3, 0.4) is 0 Å². The van der Waals surface area contributed by atoms with E-state index in [2.05, 4.69) is 47.1 Å². The molecule has 1 aromatic rings. The maximum atomic E-state index is 10.6. The third-order valence-electron chi connectivity index (χ3n) is 3.74. The Kier molecular flexibility index (Phi) is 6.87. The smallest absolute Gasteiger partial charge is 0.303 e. The van der Waals surface area contributed by atoms with Gasteiger partial charge in [-0.1, -0.05) is 13.8 Å². The van der Waals surface area contributed by atoms with Crippen molar-refractivity contribution in [1.82, 2.24) is 15.1 Å². The number of hydrogen-bond donors (Lipinski definition) is 2. The van der Waals surface area contributed by atoms with Crippen LogP contribution < -0.4 is 5.32 Å². The minimum atomic E-state index is -0.720. The number of nitrogens with zero attached hydrogens (tertiary/aromatic N) is 2. The fourth-order valence-corrected chi connectivity index (χ4v) is 2.67. The van der Waals surface area contributed by atoms with Crippen LogP contribution in [0.2, 0.25) is 0 Å². The molecule has 0 amide bonds. The summed E-state index contributed by atoms with van der Waals surface area (Å²) in [7, 11) is 0. The molecule has 0 aliphatic heterocycles. The van der Waals surface area contributed by atoms with Crippen molar-refractivity contribution >= 4 is 21.9 Å². The van der Waals surface area contributed by atoms with E-state index in [0.717, 1.165) is 36.2 Å². The Labute approximate surface area is 135 Å². The highest BCUT2D eigenvalue weighted by atomic mass is 79.9. The molecule has 2 N–H and O–H groups in total. The molecule has 0 fully saturated rings. The van der Waals surface area contributed by atoms with Crippen molar-refractivity contribution < 1.29 is 9.90 Å². The lowest BCUT2D eigenvalue weighted by molar-refractivity contribution is -0.137. The van der Waals surface area contributed by atoms with Crippen molar-refractivity contribution in [2.75, 3.05) is 6.54 Å². The second kappa shape index (κ2) is 7.94. The number of aromatic nitrogens is 2. The maximum Gasteiger partial charge on any atom is 0.303 e. The van der Waals surface area contributed by atoms with E-state index >= 15 is 0 Å². The van der Waals surface area contributed by atoms with Gasteiger partial charge in [0.25, 0.3) is 0 Å². The van der Waals surface area contributed by atoms with E-state index in [9.17, 15) is 4.79 Å². The second-order valence-corrected chi connectivity index (χ2v) is 6.94. The van der Waals surface area contributed by atoms with Gasteiger partial charge < -0.3 is 10.4 Å². The number of nitrogens with one attached hydrogen (secondary N) is 1. The highest BCUT2D eigenvalue weighted by Crippen LogP contribution is 2.26. The Morgan fingerprint density at radius 3 is 2.67 bits per heavy atom. The SMILES string of the molecule is CCn1nc(C)c(Br)c1CNCCC(C)(C)CCC(=O)O. The molecule has 0 saturated heterocycles. The van der Waals surface area contributed by atoms with E-state index in [4.69, 9.17) is 5.11 Å². The van der Waals surface area contributed by atoms with E-state index in [1.165, 1.54) is 5.69 Å². The molecule has 1 aromatic heterocycles. The van der Waals surface area contributed by atoms with Crippen LogP contribution in [0, 0.1) is 12.3 Å². The molecule has 0 aliphatic rings. The highest BCUT2D eigenvalue weighted by Gasteiger charge is 2.19. The zero-order valence-corrected chi connectivity index (χ0v) is 15.0. The van der Waals surface area contributed by atoms with Crippen LogP contribution in [0.5, 0.6) is 0 Å². The highest BCUT2D eigenvalue weighted by molar-refractivity contribution is 9.10. The summed E-state index contributed by atoms with van der Waals surface area (Å²) in [4.78, 5) is 10.6. The van der Waals surface area contributed by atoms with Crippen LogP contribution in [-0.2, 0) is 17.9 Å². The fourth-order valence-electron chi connectivity index (χ4n) is 2.24. The first-order valence-electron chi connectivity index (χ1n) is 7.41. The van der Waals surface area contributed by atoms with Crippen molar-refractivity contribution in [2.45, 2.75) is 60.0 Å². The molecule has 0 spiro atoms. The van der Waals surface area contributed by atoms with Crippen LogP contribution in [-0.4, -0.2) is 27.4 Å². The van der Waals surface area contributed by atoms with Crippen LogP contribution >= 0.6 is 15.9 Å². The summed E-state index contributed by atoms with van der Waals surface area (Å²) in [5.74, 6) is -0.720. The Morgan fingerprint density at radius 1 is 1.43 bits per heavy atom. The lowest BCUT2D eigenvalue weighted by Gasteiger charge is -2.24. The minimum Gasteiger partial charge on any atom is -0.481 e. The molecule has 1 heterocycles. The van der Waals surface area contributed by atoms with E-state index in [0.29, 0.717) is 6.42 Å². The van der Waals surface area contributed by atoms with E-state index < -0.39 is 5.97 Å². The Balaban J connectivity index is 2.42. The van der Waals surface area contributed by atoms with Gasteiger partial charge in [0.2, 0.25) is 0 Å². The van der Waals surface area contributed by atoms with Crippen molar-refractivity contribution in [3.63, 3.8) is 0 Å². The number of carboxylic acid groups (broad SMARTS) is 1. The molecule has 21 heavy (non-hydrogen) atoms. The molecule has 120 valence electrons. The average molecular weight is 360 g/mol. The van der Waals surface area contributed by atoms with E-state index in [1.54, 1.807) is 0 Å². The molecule has 5 nitrogen and oxygen atoms in total. The fraction of sp³-hybridized carbons (Fsp3) is 0.733. The second-order valence-electron chi connectivity index (χ2n) is 6.15. The van der Waals surface area contributed by atoms with Gasteiger partial charge in [-0.3, -0.25) is 9.48 Å². The molecule has 0 atom stereocenters. The summed E-state index contributed by atoms with van der Waals surface area (Å²) in [6.07, 6.45) is 1.90. The average Bonchev–Trinajstić information content (AvgIpc) is 2.68. The molecular weight excluding hydrogens is 334 g/mol. The number of carboxylic acids is 1. The molecule has 0 radical (unpaired) electrons. The number of hydrogen-bond acceptors (Lipinski definition) is 3. The summed E-state index contributed by atoms with van der Waals surface area (Å²) in [6, 6.07) is 0. The Hall–Kier alpha value is -0.880. The summed E-state index contributed by atoms with van der Waals surface area (Å²) >= 11 is 3.59. The Bertz CT molecular complexity index is 484. The maximum absolute atomic E-state index is 10.6. The normalized spacial score (nSPS) is 11.9. The first kappa shape index (κ1) is 18.2.